The van der Waals surface area contributed by atoms with E-state index < -0.39 is 5.97 Å². The van der Waals surface area contributed by atoms with Crippen molar-refractivity contribution < 1.29 is 14.3 Å². The number of halogens is 1. The van der Waals surface area contributed by atoms with Crippen LogP contribution in [0.3, 0.4) is 0 Å². The predicted octanol–water partition coefficient (Wildman–Crippen LogP) is 2.04. The van der Waals surface area contributed by atoms with Gasteiger partial charge in [0.25, 0.3) is 5.91 Å². The number of ether oxygens (including phenoxy) is 1. The Bertz CT molecular complexity index is 391. The molecular formula is C10H12ClNO3S. The molecule has 16 heavy (non-hydrogen) atoms. The molecule has 1 amide bonds. The summed E-state index contributed by atoms with van der Waals surface area (Å²) < 4.78 is 5.07. The van der Waals surface area contributed by atoms with Crippen molar-refractivity contribution in [3.05, 3.63) is 21.3 Å². The van der Waals surface area contributed by atoms with Crippen molar-refractivity contribution >= 4 is 34.8 Å². The summed E-state index contributed by atoms with van der Waals surface area (Å²) >= 11 is 6.94. The zero-order valence-electron chi connectivity index (χ0n) is 9.03. The van der Waals surface area contributed by atoms with E-state index in [1.165, 1.54) is 23.3 Å². The summed E-state index contributed by atoms with van der Waals surface area (Å²) in [5.41, 5.74) is 0. The molecule has 0 radical (unpaired) electrons. The molecule has 0 aliphatic carbocycles. The van der Waals surface area contributed by atoms with Crippen LogP contribution in [0.4, 0.5) is 0 Å². The fourth-order valence-corrected chi connectivity index (χ4v) is 2.14. The number of carbonyl (C=O) groups excluding carboxylic acids is 2. The molecule has 6 heteroatoms. The maximum absolute atomic E-state index is 11.9. The Balaban J connectivity index is 2.73. The lowest BCUT2D eigenvalue weighted by molar-refractivity contribution is -0.141. The van der Waals surface area contributed by atoms with Gasteiger partial charge in [0.1, 0.15) is 6.54 Å². The molecule has 0 saturated heterocycles. The quantitative estimate of drug-likeness (QED) is 0.780. The maximum Gasteiger partial charge on any atom is 0.325 e. The molecule has 4 nitrogen and oxygen atoms in total. The average molecular weight is 262 g/mol. The number of likely N-dealkylation sites (N-methyl/N-ethyl adjacent to an activating group) is 1. The highest BCUT2D eigenvalue weighted by Crippen LogP contribution is 2.22. The van der Waals surface area contributed by atoms with Gasteiger partial charge in [-0.3, -0.25) is 9.59 Å². The number of rotatable bonds is 4. The van der Waals surface area contributed by atoms with Crippen LogP contribution in [0.25, 0.3) is 0 Å². The molecule has 0 aromatic carbocycles. The Hall–Kier alpha value is -1.07. The normalized spacial score (nSPS) is 9.94. The second-order valence-corrected chi connectivity index (χ2v) is 4.71. The van der Waals surface area contributed by atoms with E-state index in [2.05, 4.69) is 4.74 Å². The number of thiophene rings is 1. The van der Waals surface area contributed by atoms with Crippen LogP contribution >= 0.6 is 22.9 Å². The monoisotopic (exact) mass is 261 g/mol. The first kappa shape index (κ1) is 13.0. The van der Waals surface area contributed by atoms with Crippen LogP contribution in [0, 0.1) is 0 Å². The van der Waals surface area contributed by atoms with Gasteiger partial charge in [0, 0.05) is 6.54 Å². The molecule has 0 bridgehead atoms. The standard InChI is InChI=1S/C10H12ClNO3S/c1-3-12(6-9(13)15-2)10(14)7-4-5-8(11)16-7/h4-5H,3,6H2,1-2H3. The van der Waals surface area contributed by atoms with E-state index in [0.29, 0.717) is 15.8 Å². The summed E-state index contributed by atoms with van der Waals surface area (Å²) in [6, 6.07) is 3.31. The minimum atomic E-state index is -0.433. The van der Waals surface area contributed by atoms with Gasteiger partial charge in [-0.05, 0) is 19.1 Å². The molecule has 0 unspecified atom stereocenters. The van der Waals surface area contributed by atoms with Gasteiger partial charge in [-0.1, -0.05) is 11.6 Å². The molecule has 0 atom stereocenters. The number of carbonyl (C=O) groups is 2. The third-order valence-corrected chi connectivity index (χ3v) is 3.22. The molecule has 0 fully saturated rings. The number of methoxy groups -OCH3 is 1. The molecule has 1 aromatic rings. The van der Waals surface area contributed by atoms with Crippen LogP contribution < -0.4 is 0 Å². The largest absolute Gasteiger partial charge is 0.468 e. The molecule has 0 N–H and O–H groups in total. The van der Waals surface area contributed by atoms with E-state index in [-0.39, 0.29) is 12.5 Å². The number of esters is 1. The summed E-state index contributed by atoms with van der Waals surface area (Å²) in [7, 11) is 1.29. The SMILES string of the molecule is CCN(CC(=O)OC)C(=O)c1ccc(Cl)s1. The Morgan fingerprint density at radius 2 is 2.19 bits per heavy atom. The Labute approximate surface area is 103 Å². The van der Waals surface area contributed by atoms with Crippen molar-refractivity contribution in [3.8, 4) is 0 Å². The minimum Gasteiger partial charge on any atom is -0.468 e. The molecule has 88 valence electrons. The molecule has 1 aromatic heterocycles. The molecular weight excluding hydrogens is 250 g/mol. The highest BCUT2D eigenvalue weighted by atomic mass is 35.5. The summed E-state index contributed by atoms with van der Waals surface area (Å²) in [6.45, 7) is 2.21. The number of hydrogen-bond donors (Lipinski definition) is 0. The van der Waals surface area contributed by atoms with E-state index >= 15 is 0 Å². The average Bonchev–Trinajstić information content (AvgIpc) is 2.71. The summed E-state index contributed by atoms with van der Waals surface area (Å²) in [5.74, 6) is -0.636. The van der Waals surface area contributed by atoms with Crippen LogP contribution in [0.15, 0.2) is 12.1 Å². The number of amides is 1. The molecule has 0 spiro atoms. The van der Waals surface area contributed by atoms with Crippen molar-refractivity contribution in [3.63, 3.8) is 0 Å². The fraction of sp³-hybridized carbons (Fsp3) is 0.400. The zero-order valence-corrected chi connectivity index (χ0v) is 10.6. The zero-order chi connectivity index (χ0) is 12.1. The maximum atomic E-state index is 11.9. The lowest BCUT2D eigenvalue weighted by Crippen LogP contribution is -2.35. The highest BCUT2D eigenvalue weighted by molar-refractivity contribution is 7.17. The first-order valence-electron chi connectivity index (χ1n) is 4.70. The van der Waals surface area contributed by atoms with E-state index in [9.17, 15) is 9.59 Å². The Morgan fingerprint density at radius 3 is 2.62 bits per heavy atom. The van der Waals surface area contributed by atoms with Crippen LogP contribution in [0.1, 0.15) is 16.6 Å². The van der Waals surface area contributed by atoms with Crippen LogP contribution in [-0.4, -0.2) is 37.0 Å². The minimum absolute atomic E-state index is 0.0403. The molecule has 0 aliphatic rings. The number of nitrogens with zero attached hydrogens (tertiary/aromatic N) is 1. The predicted molar refractivity (Wildman–Crippen MR) is 62.9 cm³/mol. The van der Waals surface area contributed by atoms with Gasteiger partial charge in [-0.2, -0.15) is 0 Å². The molecule has 0 aliphatic heterocycles. The van der Waals surface area contributed by atoms with Crippen molar-refractivity contribution in [1.29, 1.82) is 0 Å². The molecule has 1 rings (SSSR count). The van der Waals surface area contributed by atoms with E-state index in [1.807, 2.05) is 0 Å². The van der Waals surface area contributed by atoms with Crippen molar-refractivity contribution in [2.45, 2.75) is 6.92 Å². The lowest BCUT2D eigenvalue weighted by Gasteiger charge is -2.18. The molecule has 0 saturated carbocycles. The summed E-state index contributed by atoms with van der Waals surface area (Å²) in [5, 5.41) is 0. The van der Waals surface area contributed by atoms with Crippen LogP contribution in [0.2, 0.25) is 4.34 Å². The van der Waals surface area contributed by atoms with E-state index in [4.69, 9.17) is 11.6 Å². The van der Waals surface area contributed by atoms with E-state index in [1.54, 1.807) is 19.1 Å². The fourth-order valence-electron chi connectivity index (χ4n) is 1.13. The summed E-state index contributed by atoms with van der Waals surface area (Å²) in [4.78, 5) is 24.9. The highest BCUT2D eigenvalue weighted by Gasteiger charge is 2.18. The van der Waals surface area contributed by atoms with Crippen molar-refractivity contribution in [2.75, 3.05) is 20.2 Å². The van der Waals surface area contributed by atoms with Crippen LogP contribution in [0.5, 0.6) is 0 Å². The van der Waals surface area contributed by atoms with Gasteiger partial charge in [0.2, 0.25) is 0 Å². The van der Waals surface area contributed by atoms with Gasteiger partial charge < -0.3 is 9.64 Å². The first-order chi connectivity index (χ1) is 7.58. The number of hydrogen-bond acceptors (Lipinski definition) is 4. The van der Waals surface area contributed by atoms with Gasteiger partial charge in [0.15, 0.2) is 0 Å². The Morgan fingerprint density at radius 1 is 1.50 bits per heavy atom. The van der Waals surface area contributed by atoms with Gasteiger partial charge in [0.05, 0.1) is 16.3 Å². The third-order valence-electron chi connectivity index (χ3n) is 2.00. The summed E-state index contributed by atoms with van der Waals surface area (Å²) in [6.07, 6.45) is 0. The molecule has 1 heterocycles. The topological polar surface area (TPSA) is 46.6 Å². The van der Waals surface area contributed by atoms with Crippen molar-refractivity contribution in [2.24, 2.45) is 0 Å². The van der Waals surface area contributed by atoms with E-state index in [0.717, 1.165) is 0 Å². The van der Waals surface area contributed by atoms with Crippen LogP contribution in [-0.2, 0) is 9.53 Å². The van der Waals surface area contributed by atoms with Gasteiger partial charge in [-0.25, -0.2) is 0 Å². The Kier molecular flexibility index (Phi) is 4.76. The van der Waals surface area contributed by atoms with Crippen molar-refractivity contribution in [1.82, 2.24) is 4.90 Å². The van der Waals surface area contributed by atoms with Gasteiger partial charge >= 0.3 is 5.97 Å². The smallest absolute Gasteiger partial charge is 0.325 e. The second-order valence-electron chi connectivity index (χ2n) is 3.00. The van der Waals surface area contributed by atoms with Gasteiger partial charge in [-0.15, -0.1) is 11.3 Å². The second kappa shape index (κ2) is 5.86. The lowest BCUT2D eigenvalue weighted by atomic mass is 10.4. The third kappa shape index (κ3) is 3.21. The first-order valence-corrected chi connectivity index (χ1v) is 5.89.